The number of aliphatic carboxylic acids is 1. The van der Waals surface area contributed by atoms with Crippen LogP contribution in [0.3, 0.4) is 0 Å². The molecule has 4 N–H and O–H groups in total. The lowest BCUT2D eigenvalue weighted by Gasteiger charge is -2.18. The minimum Gasteiger partial charge on any atom is -0.480 e. The Balaban J connectivity index is 3.86. The Labute approximate surface area is 377 Å². The van der Waals surface area contributed by atoms with Gasteiger partial charge in [-0.2, -0.15) is 0 Å². The van der Waals surface area contributed by atoms with Crippen LogP contribution in [0.15, 0.2) is 48.6 Å². The van der Waals surface area contributed by atoms with E-state index in [1.165, 1.54) is 109 Å². The number of hydrogen-bond acceptors (Lipinski definition) is 8. The van der Waals surface area contributed by atoms with Crippen molar-refractivity contribution in [3.63, 3.8) is 0 Å². The van der Waals surface area contributed by atoms with Gasteiger partial charge in [-0.3, -0.25) is 18.6 Å². The summed E-state index contributed by atoms with van der Waals surface area (Å²) < 4.78 is 26.9. The largest absolute Gasteiger partial charge is 0.480 e. The van der Waals surface area contributed by atoms with Crippen molar-refractivity contribution in [2.75, 3.05) is 19.8 Å². The number of allylic oxidation sites excluding steroid dienone is 8. The molecule has 0 saturated carbocycles. The Morgan fingerprint density at radius 1 is 0.516 bits per heavy atom. The Bertz CT molecular complexity index is 1240. The van der Waals surface area contributed by atoms with E-state index in [2.05, 4.69) is 67.8 Å². The van der Waals surface area contributed by atoms with Gasteiger partial charge in [-0.05, 0) is 77.0 Å². The molecular weight excluding hydrogens is 806 g/mol. The maximum absolute atomic E-state index is 12.3. The molecule has 0 heterocycles. The number of phosphoric acid groups is 1. The highest BCUT2D eigenvalue weighted by molar-refractivity contribution is 7.47. The molecule has 11 nitrogen and oxygen atoms in total. The number of carboxylic acids is 1. The number of nitrogens with one attached hydrogen (secondary N) is 1. The third-order valence-corrected chi connectivity index (χ3v) is 11.5. The number of rotatable bonds is 46. The highest BCUT2D eigenvalue weighted by Crippen LogP contribution is 2.43. The van der Waals surface area contributed by atoms with Crippen molar-refractivity contribution in [1.29, 1.82) is 0 Å². The molecule has 0 saturated heterocycles. The quantitative estimate of drug-likeness (QED) is 0.0200. The van der Waals surface area contributed by atoms with Gasteiger partial charge in [-0.15, -0.1) is 0 Å². The van der Waals surface area contributed by atoms with Crippen LogP contribution < -0.4 is 5.32 Å². The molecule has 360 valence electrons. The maximum atomic E-state index is 12.3. The summed E-state index contributed by atoms with van der Waals surface area (Å²) in [4.78, 5) is 46.1. The topological polar surface area (TPSA) is 169 Å². The normalized spacial score (nSPS) is 14.0. The number of carboxylic acid groups (broad SMARTS) is 1. The molecule has 0 radical (unpaired) electrons. The smallest absolute Gasteiger partial charge is 0.472 e. The van der Waals surface area contributed by atoms with Gasteiger partial charge < -0.3 is 25.2 Å². The fourth-order valence-electron chi connectivity index (χ4n) is 6.73. The molecule has 0 aliphatic rings. The summed E-state index contributed by atoms with van der Waals surface area (Å²) in [5.74, 6) is -2.38. The zero-order valence-electron chi connectivity index (χ0n) is 39.2. The molecule has 0 aromatic rings. The van der Waals surface area contributed by atoms with Gasteiger partial charge in [-0.25, -0.2) is 9.36 Å². The Morgan fingerprint density at radius 3 is 1.37 bits per heavy atom. The molecule has 62 heavy (non-hydrogen) atoms. The van der Waals surface area contributed by atoms with Crippen molar-refractivity contribution in [2.45, 2.75) is 231 Å². The van der Waals surface area contributed by atoms with Gasteiger partial charge in [0.2, 0.25) is 5.91 Å². The second kappa shape index (κ2) is 45.0. The second-order valence-electron chi connectivity index (χ2n) is 16.6. The number of hydrogen-bond donors (Lipinski definition) is 4. The molecule has 3 unspecified atom stereocenters. The number of esters is 1. The van der Waals surface area contributed by atoms with Crippen molar-refractivity contribution in [2.24, 2.45) is 0 Å². The van der Waals surface area contributed by atoms with Crippen LogP contribution in [0.1, 0.15) is 219 Å². The number of aliphatic hydroxyl groups excluding tert-OH is 1. The predicted octanol–water partition coefficient (Wildman–Crippen LogP) is 13.3. The molecule has 0 fully saturated rings. The summed E-state index contributed by atoms with van der Waals surface area (Å²) in [7, 11) is -4.76. The van der Waals surface area contributed by atoms with E-state index in [1.807, 2.05) is 0 Å². The number of aliphatic hydroxyl groups is 1. The average molecular weight is 896 g/mol. The monoisotopic (exact) mass is 896 g/mol. The number of carbonyl (C=O) groups is 3. The van der Waals surface area contributed by atoms with Crippen LogP contribution in [-0.4, -0.2) is 64.9 Å². The summed E-state index contributed by atoms with van der Waals surface area (Å²) in [6, 6.07) is -1.55. The van der Waals surface area contributed by atoms with Crippen LogP contribution in [0.25, 0.3) is 0 Å². The van der Waals surface area contributed by atoms with E-state index in [-0.39, 0.29) is 12.8 Å². The summed E-state index contributed by atoms with van der Waals surface area (Å²) in [6.45, 7) is 2.57. The van der Waals surface area contributed by atoms with E-state index in [0.717, 1.165) is 70.6 Å². The second-order valence-corrected chi connectivity index (χ2v) is 18.1. The van der Waals surface area contributed by atoms with Crippen LogP contribution in [0.5, 0.6) is 0 Å². The molecule has 0 bridgehead atoms. The van der Waals surface area contributed by atoms with Gasteiger partial charge in [0.05, 0.1) is 13.2 Å². The third-order valence-electron chi connectivity index (χ3n) is 10.6. The first-order chi connectivity index (χ1) is 30.1. The van der Waals surface area contributed by atoms with Gasteiger partial charge in [0.1, 0.15) is 12.7 Å². The first-order valence-corrected chi connectivity index (χ1v) is 26.2. The van der Waals surface area contributed by atoms with E-state index in [1.54, 1.807) is 0 Å². The lowest BCUT2D eigenvalue weighted by atomic mass is 10.1. The summed E-state index contributed by atoms with van der Waals surface area (Å²) in [6.07, 6.45) is 51.2. The first-order valence-electron chi connectivity index (χ1n) is 24.7. The molecule has 1 amide bonds. The van der Waals surface area contributed by atoms with Gasteiger partial charge in [-0.1, -0.05) is 178 Å². The Morgan fingerprint density at radius 2 is 0.887 bits per heavy atom. The third kappa shape index (κ3) is 44.1. The van der Waals surface area contributed by atoms with E-state index < -0.39 is 57.6 Å². The molecule has 12 heteroatoms. The molecule has 0 aromatic carbocycles. The zero-order chi connectivity index (χ0) is 45.6. The fraction of sp³-hybridized carbons (Fsp3) is 0.780. The first kappa shape index (κ1) is 59.4. The van der Waals surface area contributed by atoms with Gasteiger partial charge in [0.15, 0.2) is 6.04 Å². The summed E-state index contributed by atoms with van der Waals surface area (Å²) >= 11 is 0. The molecule has 0 aliphatic heterocycles. The van der Waals surface area contributed by atoms with Crippen molar-refractivity contribution in [3.05, 3.63) is 48.6 Å². The van der Waals surface area contributed by atoms with Crippen LogP contribution in [0, 0.1) is 0 Å². The van der Waals surface area contributed by atoms with Crippen LogP contribution in [-0.2, 0) is 32.7 Å². The molecule has 0 spiro atoms. The van der Waals surface area contributed by atoms with Crippen LogP contribution >= 0.6 is 7.82 Å². The van der Waals surface area contributed by atoms with Crippen molar-refractivity contribution in [1.82, 2.24) is 5.32 Å². The number of carbonyl (C=O) groups excluding carboxylic acids is 2. The SMILES string of the molecule is CCCCC/C=C\C/C=C\C/C=C\CCCCCCCCCCC(=O)OCC(O)COP(=O)(O)OCC(NC(=O)CCCCCCCCC/C=C\CCCCCCCC)C(=O)O. The maximum Gasteiger partial charge on any atom is 0.472 e. The van der Waals surface area contributed by atoms with Crippen molar-refractivity contribution >= 4 is 25.7 Å². The van der Waals surface area contributed by atoms with Gasteiger partial charge in [0, 0.05) is 12.8 Å². The molecule has 0 aromatic heterocycles. The van der Waals surface area contributed by atoms with E-state index in [4.69, 9.17) is 13.8 Å². The molecule has 0 aliphatic carbocycles. The number of unbranched alkanes of at least 4 members (excludes halogenated alkanes) is 24. The van der Waals surface area contributed by atoms with Crippen LogP contribution in [0.4, 0.5) is 0 Å². The standard InChI is InChI=1S/C50H90NO10P/c1-3-5-7-9-11-13-15-17-19-21-22-23-24-26-28-30-32-34-36-38-40-42-49(54)59-43-46(52)44-60-62(57,58)61-45-47(50(55)56)51-48(53)41-39-37-35-33-31-29-27-25-20-18-16-14-12-10-8-6-4-2/h11,13,17-20,22-23,46-47,52H,3-10,12,14-16,21,24-45H2,1-2H3,(H,51,53)(H,55,56)(H,57,58)/b13-11-,19-17-,20-18-,23-22-. The molecular formula is C50H90NO10P. The lowest BCUT2D eigenvalue weighted by Crippen LogP contribution is -2.43. The number of amides is 1. The molecule has 0 rings (SSSR count). The van der Waals surface area contributed by atoms with E-state index in [0.29, 0.717) is 12.8 Å². The van der Waals surface area contributed by atoms with Gasteiger partial charge >= 0.3 is 19.8 Å². The Hall–Kier alpha value is -2.56. The predicted molar refractivity (Wildman–Crippen MR) is 254 cm³/mol. The highest BCUT2D eigenvalue weighted by Gasteiger charge is 2.28. The molecule has 3 atom stereocenters. The average Bonchev–Trinajstić information content (AvgIpc) is 3.25. The minimum absolute atomic E-state index is 0.140. The van der Waals surface area contributed by atoms with Crippen LogP contribution in [0.2, 0.25) is 0 Å². The fourth-order valence-corrected chi connectivity index (χ4v) is 7.50. The van der Waals surface area contributed by atoms with Crippen molar-refractivity contribution in [3.8, 4) is 0 Å². The zero-order valence-corrected chi connectivity index (χ0v) is 40.1. The summed E-state index contributed by atoms with van der Waals surface area (Å²) in [5, 5.41) is 21.9. The minimum atomic E-state index is -4.76. The highest BCUT2D eigenvalue weighted by atomic mass is 31.2. The number of phosphoric ester groups is 1. The number of ether oxygens (including phenoxy) is 1. The van der Waals surface area contributed by atoms with E-state index in [9.17, 15) is 34.1 Å². The lowest BCUT2D eigenvalue weighted by molar-refractivity contribution is -0.147. The van der Waals surface area contributed by atoms with E-state index >= 15 is 0 Å². The van der Waals surface area contributed by atoms with Gasteiger partial charge in [0.25, 0.3) is 0 Å². The van der Waals surface area contributed by atoms with Crippen molar-refractivity contribution < 1.29 is 47.8 Å². The summed E-state index contributed by atoms with van der Waals surface area (Å²) in [5.41, 5.74) is 0. The Kier molecular flexibility index (Phi) is 43.2.